The number of hydrogen-bond acceptors (Lipinski definition) is 5. The standard InChI is InChI=1S/C7H8Cl2O6P2/c8-7(9,16(10,11)12)17(13,14)15-6-4-2-1-3-5-6/h1-5H,(H,13,14)(H2,10,11,12)/p-2. The lowest BCUT2D eigenvalue weighted by molar-refractivity contribution is -0.428. The average molecular weight is 319 g/mol. The Morgan fingerprint density at radius 3 is 2.12 bits per heavy atom. The molecule has 1 N–H and O–H groups in total. The largest absolute Gasteiger partial charge is 0.685 e. The van der Waals surface area contributed by atoms with Gasteiger partial charge in [0.05, 0.1) is 0 Å². The molecule has 0 saturated heterocycles. The summed E-state index contributed by atoms with van der Waals surface area (Å²) in [4.78, 5) is 41.4. The molecule has 0 aliphatic heterocycles. The second kappa shape index (κ2) is 5.00. The fraction of sp³-hybridized carbons (Fsp3) is 0.143. The van der Waals surface area contributed by atoms with E-state index in [0.717, 1.165) is 0 Å². The van der Waals surface area contributed by atoms with Crippen LogP contribution >= 0.6 is 38.7 Å². The molecule has 0 aromatic heterocycles. The maximum absolute atomic E-state index is 11.5. The van der Waals surface area contributed by atoms with Crippen molar-refractivity contribution in [2.24, 2.45) is 0 Å². The third kappa shape index (κ3) is 3.31. The van der Waals surface area contributed by atoms with Crippen LogP contribution in [0.4, 0.5) is 0 Å². The lowest BCUT2D eigenvalue weighted by Crippen LogP contribution is -2.44. The first-order valence-corrected chi connectivity index (χ1v) is 7.93. The van der Waals surface area contributed by atoms with Gasteiger partial charge in [-0.25, -0.2) is 4.57 Å². The van der Waals surface area contributed by atoms with Gasteiger partial charge in [0, 0.05) is 0 Å². The molecule has 1 unspecified atom stereocenters. The summed E-state index contributed by atoms with van der Waals surface area (Å²) in [5.41, 5.74) is 0. The van der Waals surface area contributed by atoms with Crippen molar-refractivity contribution in [1.29, 1.82) is 0 Å². The fourth-order valence-electron chi connectivity index (χ4n) is 0.834. The molecule has 96 valence electrons. The van der Waals surface area contributed by atoms with Crippen LogP contribution in [-0.2, 0) is 4.57 Å². The highest BCUT2D eigenvalue weighted by Crippen LogP contribution is 2.73. The van der Waals surface area contributed by atoms with Crippen molar-refractivity contribution >= 4 is 38.7 Å². The van der Waals surface area contributed by atoms with Gasteiger partial charge in [0.25, 0.3) is 0 Å². The predicted octanol–water partition coefficient (Wildman–Crippen LogP) is 0.183. The lowest BCUT2D eigenvalue weighted by atomic mass is 10.3. The summed E-state index contributed by atoms with van der Waals surface area (Å²) in [6, 6.07) is 7.07. The fourth-order valence-corrected chi connectivity index (χ4v) is 2.92. The van der Waals surface area contributed by atoms with Crippen molar-refractivity contribution in [3.05, 3.63) is 30.3 Å². The van der Waals surface area contributed by atoms with Crippen LogP contribution in [-0.4, -0.2) is 8.71 Å². The zero-order valence-electron chi connectivity index (χ0n) is 8.03. The third-order valence-electron chi connectivity index (χ3n) is 1.64. The Morgan fingerprint density at radius 2 is 1.71 bits per heavy atom. The molecule has 1 aromatic rings. The monoisotopic (exact) mass is 318 g/mol. The zero-order chi connectivity index (χ0) is 13.3. The van der Waals surface area contributed by atoms with Crippen LogP contribution in [0.15, 0.2) is 30.3 Å². The molecule has 17 heavy (non-hydrogen) atoms. The van der Waals surface area contributed by atoms with E-state index in [1.807, 2.05) is 0 Å². The summed E-state index contributed by atoms with van der Waals surface area (Å²) < 4.78 is 12.6. The Morgan fingerprint density at radius 1 is 1.24 bits per heavy atom. The Balaban J connectivity index is 3.01. The van der Waals surface area contributed by atoms with Crippen molar-refractivity contribution in [2.45, 2.75) is 3.82 Å². The molecule has 0 fully saturated rings. The molecule has 0 heterocycles. The number of benzene rings is 1. The van der Waals surface area contributed by atoms with E-state index in [9.17, 15) is 24.1 Å². The molecule has 10 heteroatoms. The number of para-hydroxylation sites is 1. The average Bonchev–Trinajstić information content (AvgIpc) is 2.16. The predicted molar refractivity (Wildman–Crippen MR) is 58.3 cm³/mol. The minimum absolute atomic E-state index is 0.141. The maximum Gasteiger partial charge on any atom is 0.450 e. The first-order chi connectivity index (χ1) is 7.58. The Bertz CT molecular complexity index is 432. The van der Waals surface area contributed by atoms with E-state index in [1.165, 1.54) is 24.3 Å². The Hall–Kier alpha value is 0.1000. The lowest BCUT2D eigenvalue weighted by Gasteiger charge is -2.49. The smallest absolute Gasteiger partial charge is 0.450 e. The first-order valence-electron chi connectivity index (χ1n) is 4.05. The highest BCUT2D eigenvalue weighted by Gasteiger charge is 2.55. The number of alkyl halides is 2. The molecule has 0 radical (unpaired) electrons. The van der Waals surface area contributed by atoms with Crippen molar-refractivity contribution in [2.75, 3.05) is 0 Å². The quantitative estimate of drug-likeness (QED) is 0.625. The Kier molecular flexibility index (Phi) is 4.46. The summed E-state index contributed by atoms with van der Waals surface area (Å²) in [6.07, 6.45) is 0. The molecule has 0 amide bonds. The topological polar surface area (TPSA) is 116 Å². The van der Waals surface area contributed by atoms with Crippen LogP contribution in [0.5, 0.6) is 5.75 Å². The van der Waals surface area contributed by atoms with Gasteiger partial charge in [-0.3, -0.25) is 0 Å². The van der Waals surface area contributed by atoms with Gasteiger partial charge >= 0.3 is 11.4 Å². The van der Waals surface area contributed by atoms with E-state index >= 15 is 0 Å². The highest BCUT2D eigenvalue weighted by molar-refractivity contribution is 7.80. The zero-order valence-corrected chi connectivity index (χ0v) is 11.3. The minimum atomic E-state index is -5.73. The van der Waals surface area contributed by atoms with E-state index in [2.05, 4.69) is 4.52 Å². The van der Waals surface area contributed by atoms with Gasteiger partial charge in [-0.2, -0.15) is 0 Å². The molecular weight excluding hydrogens is 313 g/mol. The Labute approximate surface area is 108 Å². The second-order valence-electron chi connectivity index (χ2n) is 2.93. The van der Waals surface area contributed by atoms with Gasteiger partial charge < -0.3 is 24.1 Å². The van der Waals surface area contributed by atoms with E-state index in [1.54, 1.807) is 6.07 Å². The highest BCUT2D eigenvalue weighted by atomic mass is 35.5. The normalized spacial score (nSPS) is 16.4. The molecule has 0 aliphatic rings. The number of hydrogen-bond donors (Lipinski definition) is 1. The van der Waals surface area contributed by atoms with Crippen molar-refractivity contribution in [3.63, 3.8) is 0 Å². The molecule has 0 spiro atoms. The molecule has 6 nitrogen and oxygen atoms in total. The SMILES string of the molecule is O=P(O)(Oc1ccccc1)C(Cl)(Cl)[P+]([O-])([O-])[O-]. The summed E-state index contributed by atoms with van der Waals surface area (Å²) in [6.45, 7) is 0. The van der Waals surface area contributed by atoms with Crippen LogP contribution in [0.2, 0.25) is 0 Å². The van der Waals surface area contributed by atoms with Crippen LogP contribution in [0.1, 0.15) is 0 Å². The van der Waals surface area contributed by atoms with Gasteiger partial charge in [0.1, 0.15) is 5.75 Å². The van der Waals surface area contributed by atoms with Gasteiger partial charge in [-0.1, -0.05) is 18.2 Å². The van der Waals surface area contributed by atoms with Gasteiger partial charge in [-0.15, -0.1) is 7.94 Å². The summed E-state index contributed by atoms with van der Waals surface area (Å²) in [7, 11) is -10.8. The maximum atomic E-state index is 11.5. The van der Waals surface area contributed by atoms with E-state index < -0.39 is 19.4 Å². The summed E-state index contributed by atoms with van der Waals surface area (Å²) >= 11 is 10.2. The van der Waals surface area contributed by atoms with Crippen molar-refractivity contribution in [1.82, 2.24) is 0 Å². The van der Waals surface area contributed by atoms with E-state index in [0.29, 0.717) is 0 Å². The van der Waals surface area contributed by atoms with Gasteiger partial charge in [0.2, 0.25) is 0 Å². The van der Waals surface area contributed by atoms with Crippen LogP contribution < -0.4 is 19.2 Å². The molecule has 0 aliphatic carbocycles. The molecule has 0 saturated carbocycles. The summed E-state index contributed by atoms with van der Waals surface area (Å²) in [5.74, 6) is -0.141. The number of rotatable bonds is 4. The number of halogens is 2. The van der Waals surface area contributed by atoms with Crippen molar-refractivity contribution < 1.29 is 28.7 Å². The van der Waals surface area contributed by atoms with Crippen LogP contribution in [0, 0.1) is 0 Å². The second-order valence-corrected chi connectivity index (χ2v) is 9.23. The van der Waals surface area contributed by atoms with Crippen molar-refractivity contribution in [3.8, 4) is 5.75 Å². The molecule has 0 bridgehead atoms. The summed E-state index contributed by atoms with van der Waals surface area (Å²) in [5, 5.41) is 0. The van der Waals surface area contributed by atoms with Gasteiger partial charge in [0.15, 0.2) is 0 Å². The van der Waals surface area contributed by atoms with E-state index in [4.69, 9.17) is 23.2 Å². The first kappa shape index (κ1) is 15.2. The molecule has 1 aromatic carbocycles. The van der Waals surface area contributed by atoms with E-state index in [-0.39, 0.29) is 5.75 Å². The molecular formula is C7H6Cl2O6P2-2. The molecule has 1 rings (SSSR count). The van der Waals surface area contributed by atoms with Crippen LogP contribution in [0.3, 0.4) is 0 Å². The van der Waals surface area contributed by atoms with Crippen LogP contribution in [0.25, 0.3) is 0 Å². The molecule has 1 atom stereocenters. The van der Waals surface area contributed by atoms with Gasteiger partial charge in [-0.05, 0) is 35.3 Å². The minimum Gasteiger partial charge on any atom is -0.685 e. The third-order valence-corrected chi connectivity index (χ3v) is 7.46.